The predicted octanol–water partition coefficient (Wildman–Crippen LogP) is 1.07. The zero-order valence-electron chi connectivity index (χ0n) is 14.7. The molecule has 3 aliphatic heterocycles. The molecule has 5 atom stereocenters. The molecule has 26 heavy (non-hydrogen) atoms. The number of nitrogens with zero attached hydrogens (tertiary/aromatic N) is 1. The summed E-state index contributed by atoms with van der Waals surface area (Å²) in [6, 6.07) is 6.81. The zero-order valence-corrected chi connectivity index (χ0v) is 14.7. The molecule has 1 amide bonds. The number of carboxylic acid groups (broad SMARTS) is 1. The highest BCUT2D eigenvalue weighted by Gasteiger charge is 2.69. The van der Waals surface area contributed by atoms with E-state index in [0.29, 0.717) is 17.9 Å². The van der Waals surface area contributed by atoms with Crippen LogP contribution in [0.1, 0.15) is 13.3 Å². The molecule has 6 nitrogen and oxygen atoms in total. The van der Waals surface area contributed by atoms with E-state index in [1.807, 2.05) is 19.1 Å². The van der Waals surface area contributed by atoms with Gasteiger partial charge in [0, 0.05) is 23.6 Å². The third-order valence-corrected chi connectivity index (χ3v) is 5.57. The van der Waals surface area contributed by atoms with Crippen LogP contribution in [0.15, 0.2) is 48.6 Å². The summed E-state index contributed by atoms with van der Waals surface area (Å²) < 4.78 is 11.4. The van der Waals surface area contributed by atoms with Crippen molar-refractivity contribution in [2.45, 2.75) is 31.1 Å². The molecule has 6 heteroatoms. The van der Waals surface area contributed by atoms with Crippen molar-refractivity contribution in [2.75, 3.05) is 12.0 Å². The van der Waals surface area contributed by atoms with E-state index >= 15 is 0 Å². The Morgan fingerprint density at radius 1 is 1.46 bits per heavy atom. The van der Waals surface area contributed by atoms with Gasteiger partial charge >= 0.3 is 0 Å². The molecular formula is C20H20NO5-. The van der Waals surface area contributed by atoms with Gasteiger partial charge in [-0.25, -0.2) is 0 Å². The fraction of sp³-hybridized carbons (Fsp3) is 0.400. The lowest BCUT2D eigenvalue weighted by Gasteiger charge is -2.33. The monoisotopic (exact) mass is 354 g/mol. The number of hydrogen-bond acceptors (Lipinski definition) is 5. The van der Waals surface area contributed by atoms with E-state index in [1.54, 1.807) is 36.3 Å². The Hall–Kier alpha value is -2.60. The summed E-state index contributed by atoms with van der Waals surface area (Å²) in [5, 5.41) is 11.7. The number of carbonyl (C=O) groups is 2. The molecule has 2 saturated heterocycles. The topological polar surface area (TPSA) is 78.9 Å². The number of anilines is 1. The number of rotatable bonds is 5. The van der Waals surface area contributed by atoms with Crippen molar-refractivity contribution in [1.29, 1.82) is 0 Å². The van der Waals surface area contributed by atoms with Crippen LogP contribution in [0.3, 0.4) is 0 Å². The second kappa shape index (κ2) is 5.71. The van der Waals surface area contributed by atoms with E-state index in [2.05, 4.69) is 6.58 Å². The van der Waals surface area contributed by atoms with Crippen LogP contribution in [0.5, 0.6) is 5.75 Å². The molecule has 2 bridgehead atoms. The number of hydrogen-bond donors (Lipinski definition) is 0. The molecule has 3 heterocycles. The highest BCUT2D eigenvalue weighted by atomic mass is 16.5. The maximum absolute atomic E-state index is 13.3. The molecule has 3 aliphatic rings. The Kier molecular flexibility index (Phi) is 3.70. The van der Waals surface area contributed by atoms with Gasteiger partial charge in [0.1, 0.15) is 11.4 Å². The lowest BCUT2D eigenvalue weighted by Crippen LogP contribution is -2.46. The van der Waals surface area contributed by atoms with E-state index < -0.39 is 29.5 Å². The second-order valence-corrected chi connectivity index (χ2v) is 7.20. The number of amides is 1. The normalized spacial score (nSPS) is 34.2. The molecule has 0 saturated carbocycles. The Morgan fingerprint density at radius 3 is 2.88 bits per heavy atom. The average Bonchev–Trinajstić information content (AvgIpc) is 3.24. The Bertz CT molecular complexity index is 831. The first-order valence-corrected chi connectivity index (χ1v) is 8.58. The summed E-state index contributed by atoms with van der Waals surface area (Å²) in [5.74, 6) is -2.66. The molecule has 1 spiro atoms. The van der Waals surface area contributed by atoms with Gasteiger partial charge in [0.15, 0.2) is 0 Å². The highest BCUT2D eigenvalue weighted by molar-refractivity contribution is 6.03. The summed E-state index contributed by atoms with van der Waals surface area (Å²) >= 11 is 0. The minimum atomic E-state index is -1.25. The number of methoxy groups -OCH3 is 1. The fourth-order valence-electron chi connectivity index (χ4n) is 4.57. The first-order chi connectivity index (χ1) is 12.4. The maximum atomic E-state index is 13.3. The van der Waals surface area contributed by atoms with Gasteiger partial charge in [0.25, 0.3) is 0 Å². The molecular weight excluding hydrogens is 334 g/mol. The number of fused-ring (bicyclic) bond motifs is 1. The van der Waals surface area contributed by atoms with E-state index in [4.69, 9.17) is 9.47 Å². The van der Waals surface area contributed by atoms with Crippen LogP contribution in [0.25, 0.3) is 0 Å². The predicted molar refractivity (Wildman–Crippen MR) is 92.4 cm³/mol. The lowest BCUT2D eigenvalue weighted by molar-refractivity contribution is -0.313. The lowest BCUT2D eigenvalue weighted by atomic mass is 9.74. The number of benzene rings is 1. The minimum Gasteiger partial charge on any atom is -0.550 e. The van der Waals surface area contributed by atoms with Gasteiger partial charge in [-0.05, 0) is 25.5 Å². The van der Waals surface area contributed by atoms with Crippen molar-refractivity contribution < 1.29 is 24.2 Å². The maximum Gasteiger partial charge on any atom is 0.234 e. The molecule has 1 aromatic rings. The molecule has 0 aromatic heterocycles. The van der Waals surface area contributed by atoms with Gasteiger partial charge in [0.05, 0.1) is 25.2 Å². The van der Waals surface area contributed by atoms with Gasteiger partial charge in [-0.3, -0.25) is 4.79 Å². The molecule has 2 fully saturated rings. The Balaban J connectivity index is 1.84. The number of carboxylic acids is 1. The van der Waals surface area contributed by atoms with Crippen molar-refractivity contribution in [3.8, 4) is 5.75 Å². The van der Waals surface area contributed by atoms with E-state index in [9.17, 15) is 14.7 Å². The molecule has 0 aliphatic carbocycles. The molecule has 1 aromatic carbocycles. The Labute approximate surface area is 151 Å². The highest BCUT2D eigenvalue weighted by Crippen LogP contribution is 2.56. The van der Waals surface area contributed by atoms with Gasteiger partial charge in [-0.1, -0.05) is 23.8 Å². The SMILES string of the molecule is C=C(C)C[C@H]1N(c2cccc(OC)c2)C(=O)[C@H]2[C@@H](C(=O)[O-])[C@H]3C=C[C@]21O3. The second-order valence-electron chi connectivity index (χ2n) is 7.20. The van der Waals surface area contributed by atoms with E-state index in [0.717, 1.165) is 5.57 Å². The first-order valence-electron chi connectivity index (χ1n) is 8.58. The standard InChI is InChI=1S/C20H21NO5/c1-11(2)9-15-20-8-7-14(26-20)16(19(23)24)17(20)18(22)21(15)12-5-4-6-13(10-12)25-3/h4-8,10,14-17H,1,9H2,2-3H3,(H,23,24)/p-1/t14-,15-,16+,17-,20-/m1/s1. The largest absolute Gasteiger partial charge is 0.550 e. The summed E-state index contributed by atoms with van der Waals surface area (Å²) in [7, 11) is 1.56. The molecule has 0 radical (unpaired) electrons. The van der Waals surface area contributed by atoms with Crippen LogP contribution in [0.2, 0.25) is 0 Å². The molecule has 136 valence electrons. The van der Waals surface area contributed by atoms with Gasteiger partial charge < -0.3 is 24.3 Å². The van der Waals surface area contributed by atoms with Crippen LogP contribution in [-0.2, 0) is 14.3 Å². The summed E-state index contributed by atoms with van der Waals surface area (Å²) in [5.41, 5.74) is 0.583. The van der Waals surface area contributed by atoms with Crippen LogP contribution in [0.4, 0.5) is 5.69 Å². The minimum absolute atomic E-state index is 0.259. The van der Waals surface area contributed by atoms with Crippen LogP contribution in [-0.4, -0.2) is 36.7 Å². The van der Waals surface area contributed by atoms with Crippen molar-refractivity contribution in [1.82, 2.24) is 0 Å². The Morgan fingerprint density at radius 2 is 2.23 bits per heavy atom. The van der Waals surface area contributed by atoms with Gasteiger partial charge in [-0.2, -0.15) is 0 Å². The third-order valence-electron chi connectivity index (χ3n) is 5.57. The fourth-order valence-corrected chi connectivity index (χ4v) is 4.57. The van der Waals surface area contributed by atoms with Crippen LogP contribution >= 0.6 is 0 Å². The van der Waals surface area contributed by atoms with Crippen molar-refractivity contribution >= 4 is 17.6 Å². The number of ether oxygens (including phenoxy) is 2. The summed E-state index contributed by atoms with van der Waals surface area (Å²) in [4.78, 5) is 26.7. The summed E-state index contributed by atoms with van der Waals surface area (Å²) in [6.07, 6.45) is 3.49. The van der Waals surface area contributed by atoms with Crippen molar-refractivity contribution in [3.05, 3.63) is 48.6 Å². The van der Waals surface area contributed by atoms with Crippen LogP contribution < -0.4 is 14.7 Å². The average molecular weight is 354 g/mol. The van der Waals surface area contributed by atoms with E-state index in [1.165, 1.54) is 0 Å². The number of aliphatic carboxylic acids is 1. The quantitative estimate of drug-likeness (QED) is 0.739. The van der Waals surface area contributed by atoms with E-state index in [-0.39, 0.29) is 11.9 Å². The first kappa shape index (κ1) is 16.8. The summed E-state index contributed by atoms with van der Waals surface area (Å²) in [6.45, 7) is 5.87. The third kappa shape index (κ3) is 2.15. The van der Waals surface area contributed by atoms with Crippen molar-refractivity contribution in [3.63, 3.8) is 0 Å². The smallest absolute Gasteiger partial charge is 0.234 e. The zero-order chi connectivity index (χ0) is 18.6. The van der Waals surface area contributed by atoms with Crippen LogP contribution in [0, 0.1) is 11.8 Å². The van der Waals surface area contributed by atoms with Gasteiger partial charge in [-0.15, -0.1) is 6.58 Å². The molecule has 4 rings (SSSR count). The van der Waals surface area contributed by atoms with Gasteiger partial charge in [0.2, 0.25) is 5.91 Å². The number of carbonyl (C=O) groups excluding carboxylic acids is 2. The van der Waals surface area contributed by atoms with Crippen molar-refractivity contribution in [2.24, 2.45) is 11.8 Å². The molecule has 0 unspecified atom stereocenters. The molecule has 0 N–H and O–H groups in total.